The Labute approximate surface area is 112 Å². The van der Waals surface area contributed by atoms with Gasteiger partial charge in [0.2, 0.25) is 11.8 Å². The second-order valence-electron chi connectivity index (χ2n) is 4.42. The van der Waals surface area contributed by atoms with Crippen molar-refractivity contribution in [1.29, 1.82) is 0 Å². The number of nitrogens with one attached hydrogen (secondary N) is 1. The van der Waals surface area contributed by atoms with E-state index in [0.29, 0.717) is 17.3 Å². The van der Waals surface area contributed by atoms with Crippen molar-refractivity contribution in [3.05, 3.63) is 35.5 Å². The Bertz CT molecular complexity index is 539. The van der Waals surface area contributed by atoms with Gasteiger partial charge in [0, 0.05) is 12.0 Å². The first-order valence-corrected chi connectivity index (χ1v) is 6.50. The molecule has 0 spiro atoms. The predicted octanol–water partition coefficient (Wildman–Crippen LogP) is 2.73. The number of aryl methyl sites for hydroxylation is 2. The smallest absolute Gasteiger partial charge is 0.248 e. The Kier molecular flexibility index (Phi) is 4.63. The fourth-order valence-electron chi connectivity index (χ4n) is 1.83. The average molecular weight is 263 g/mol. The maximum atomic E-state index is 13.2. The maximum absolute atomic E-state index is 13.2. The molecule has 0 unspecified atom stereocenters. The fourth-order valence-corrected chi connectivity index (χ4v) is 1.83. The molecular weight excluding hydrogens is 245 g/mol. The van der Waals surface area contributed by atoms with Gasteiger partial charge in [-0.3, -0.25) is 0 Å². The molecular formula is C14H18FN3O. The Morgan fingerprint density at radius 3 is 2.95 bits per heavy atom. The van der Waals surface area contributed by atoms with Crippen LogP contribution in [0.1, 0.15) is 24.8 Å². The first-order chi connectivity index (χ1) is 9.20. The van der Waals surface area contributed by atoms with E-state index in [-0.39, 0.29) is 5.82 Å². The van der Waals surface area contributed by atoms with Crippen molar-refractivity contribution < 1.29 is 8.81 Å². The minimum absolute atomic E-state index is 0.299. The Morgan fingerprint density at radius 2 is 2.16 bits per heavy atom. The van der Waals surface area contributed by atoms with Crippen molar-refractivity contribution in [3.63, 3.8) is 0 Å². The monoisotopic (exact) mass is 263 g/mol. The zero-order valence-electron chi connectivity index (χ0n) is 11.2. The van der Waals surface area contributed by atoms with Gasteiger partial charge < -0.3 is 9.73 Å². The summed E-state index contributed by atoms with van der Waals surface area (Å²) in [5.74, 6) is 0.680. The van der Waals surface area contributed by atoms with Crippen LogP contribution in [0, 0.1) is 12.7 Å². The third kappa shape index (κ3) is 3.61. The van der Waals surface area contributed by atoms with E-state index < -0.39 is 0 Å². The van der Waals surface area contributed by atoms with Crippen LogP contribution in [0.3, 0.4) is 0 Å². The lowest BCUT2D eigenvalue weighted by Crippen LogP contribution is -2.14. The summed E-state index contributed by atoms with van der Waals surface area (Å²) in [6, 6.07) is 4.55. The van der Waals surface area contributed by atoms with Gasteiger partial charge in [-0.2, -0.15) is 0 Å². The molecule has 1 N–H and O–H groups in total. The Hall–Kier alpha value is -1.75. The molecule has 1 heterocycles. The van der Waals surface area contributed by atoms with E-state index in [4.69, 9.17) is 4.42 Å². The zero-order chi connectivity index (χ0) is 13.7. The molecule has 1 aromatic heterocycles. The van der Waals surface area contributed by atoms with Crippen LogP contribution in [0.25, 0.3) is 11.5 Å². The first-order valence-electron chi connectivity index (χ1n) is 6.50. The van der Waals surface area contributed by atoms with Crippen LogP contribution >= 0.6 is 0 Å². The number of halogens is 1. The van der Waals surface area contributed by atoms with Crippen LogP contribution in [0.2, 0.25) is 0 Å². The summed E-state index contributed by atoms with van der Waals surface area (Å²) in [6.45, 7) is 5.84. The van der Waals surface area contributed by atoms with Gasteiger partial charge in [-0.05, 0) is 44.1 Å². The van der Waals surface area contributed by atoms with Crippen LogP contribution in [0.15, 0.2) is 22.6 Å². The normalized spacial score (nSPS) is 10.9. The molecule has 4 nitrogen and oxygen atoms in total. The van der Waals surface area contributed by atoms with Crippen LogP contribution in [-0.2, 0) is 6.42 Å². The van der Waals surface area contributed by atoms with E-state index in [1.165, 1.54) is 12.1 Å². The summed E-state index contributed by atoms with van der Waals surface area (Å²) in [6.07, 6.45) is 1.67. The molecule has 0 aliphatic heterocycles. The molecule has 2 rings (SSSR count). The number of nitrogens with zero attached hydrogens (tertiary/aromatic N) is 2. The molecule has 0 aliphatic carbocycles. The van der Waals surface area contributed by atoms with Gasteiger partial charge in [-0.15, -0.1) is 10.2 Å². The van der Waals surface area contributed by atoms with Crippen molar-refractivity contribution >= 4 is 0 Å². The highest BCUT2D eigenvalue weighted by atomic mass is 19.1. The number of hydrogen-bond donors (Lipinski definition) is 1. The lowest BCUT2D eigenvalue weighted by molar-refractivity contribution is 0.492. The Balaban J connectivity index is 2.06. The standard InChI is InChI=1S/C14H18FN3O/c1-3-16-8-4-5-13-17-18-14(19-13)12-9-11(15)7-6-10(12)2/h6-7,9,16H,3-5,8H2,1-2H3. The van der Waals surface area contributed by atoms with Crippen LogP contribution in [-0.4, -0.2) is 23.3 Å². The molecule has 2 aromatic rings. The van der Waals surface area contributed by atoms with Crippen molar-refractivity contribution in [2.24, 2.45) is 0 Å². The van der Waals surface area contributed by atoms with Crippen molar-refractivity contribution in [2.75, 3.05) is 13.1 Å². The molecule has 0 amide bonds. The highest BCUT2D eigenvalue weighted by Gasteiger charge is 2.11. The highest BCUT2D eigenvalue weighted by molar-refractivity contribution is 5.57. The minimum Gasteiger partial charge on any atom is -0.421 e. The molecule has 0 fully saturated rings. The quantitative estimate of drug-likeness (QED) is 0.814. The van der Waals surface area contributed by atoms with E-state index >= 15 is 0 Å². The van der Waals surface area contributed by atoms with Crippen LogP contribution < -0.4 is 5.32 Å². The van der Waals surface area contributed by atoms with Crippen molar-refractivity contribution in [1.82, 2.24) is 15.5 Å². The molecule has 0 radical (unpaired) electrons. The molecule has 0 aliphatic rings. The molecule has 0 atom stereocenters. The Morgan fingerprint density at radius 1 is 1.32 bits per heavy atom. The van der Waals surface area contributed by atoms with Gasteiger partial charge in [-0.25, -0.2) is 4.39 Å². The predicted molar refractivity (Wildman–Crippen MR) is 71.3 cm³/mol. The van der Waals surface area contributed by atoms with Crippen LogP contribution in [0.5, 0.6) is 0 Å². The molecule has 0 saturated heterocycles. The van der Waals surface area contributed by atoms with E-state index in [1.54, 1.807) is 6.07 Å². The zero-order valence-corrected chi connectivity index (χ0v) is 11.2. The lowest BCUT2D eigenvalue weighted by Gasteiger charge is -2.00. The van der Waals surface area contributed by atoms with Gasteiger partial charge in [-0.1, -0.05) is 13.0 Å². The first kappa shape index (κ1) is 13.7. The van der Waals surface area contributed by atoms with E-state index in [9.17, 15) is 4.39 Å². The topological polar surface area (TPSA) is 51.0 Å². The third-order valence-electron chi connectivity index (χ3n) is 2.89. The lowest BCUT2D eigenvalue weighted by atomic mass is 10.1. The second-order valence-corrected chi connectivity index (χ2v) is 4.42. The summed E-state index contributed by atoms with van der Waals surface area (Å²) < 4.78 is 18.8. The SMILES string of the molecule is CCNCCCc1nnc(-c2cc(F)ccc2C)o1. The fraction of sp³-hybridized carbons (Fsp3) is 0.429. The van der Waals surface area contributed by atoms with E-state index in [2.05, 4.69) is 22.4 Å². The molecule has 0 bridgehead atoms. The molecule has 19 heavy (non-hydrogen) atoms. The second kappa shape index (κ2) is 6.43. The highest BCUT2D eigenvalue weighted by Crippen LogP contribution is 2.23. The van der Waals surface area contributed by atoms with E-state index in [0.717, 1.165) is 31.5 Å². The maximum Gasteiger partial charge on any atom is 0.248 e. The van der Waals surface area contributed by atoms with Crippen molar-refractivity contribution in [2.45, 2.75) is 26.7 Å². The third-order valence-corrected chi connectivity index (χ3v) is 2.89. The van der Waals surface area contributed by atoms with Gasteiger partial charge in [0.25, 0.3) is 0 Å². The van der Waals surface area contributed by atoms with Gasteiger partial charge in [0.15, 0.2) is 0 Å². The summed E-state index contributed by atoms with van der Waals surface area (Å²) in [7, 11) is 0. The molecule has 102 valence electrons. The van der Waals surface area contributed by atoms with Gasteiger partial charge >= 0.3 is 0 Å². The average Bonchev–Trinajstić information content (AvgIpc) is 2.86. The van der Waals surface area contributed by atoms with Crippen molar-refractivity contribution in [3.8, 4) is 11.5 Å². The number of rotatable bonds is 6. The number of aromatic nitrogens is 2. The summed E-state index contributed by atoms with van der Waals surface area (Å²) in [5, 5.41) is 11.2. The molecule has 5 heteroatoms. The largest absolute Gasteiger partial charge is 0.421 e. The summed E-state index contributed by atoms with van der Waals surface area (Å²) in [4.78, 5) is 0. The number of hydrogen-bond acceptors (Lipinski definition) is 4. The van der Waals surface area contributed by atoms with Gasteiger partial charge in [0.1, 0.15) is 5.82 Å². The minimum atomic E-state index is -0.299. The summed E-state index contributed by atoms with van der Waals surface area (Å²) in [5.41, 5.74) is 1.58. The number of benzene rings is 1. The summed E-state index contributed by atoms with van der Waals surface area (Å²) >= 11 is 0. The molecule has 1 aromatic carbocycles. The molecule has 0 saturated carbocycles. The van der Waals surface area contributed by atoms with Gasteiger partial charge in [0.05, 0.1) is 0 Å². The van der Waals surface area contributed by atoms with E-state index in [1.807, 2.05) is 6.92 Å². The van der Waals surface area contributed by atoms with Crippen LogP contribution in [0.4, 0.5) is 4.39 Å².